The molecule has 1 aromatic carbocycles. The Morgan fingerprint density at radius 1 is 1.42 bits per heavy atom. The van der Waals surface area contributed by atoms with E-state index >= 15 is 0 Å². The molecule has 2 rings (SSSR count). The van der Waals surface area contributed by atoms with E-state index in [1.165, 1.54) is 12.1 Å². The van der Waals surface area contributed by atoms with E-state index in [0.717, 1.165) is 0 Å². The summed E-state index contributed by atoms with van der Waals surface area (Å²) >= 11 is 0. The van der Waals surface area contributed by atoms with Crippen LogP contribution in [0.25, 0.3) is 0 Å². The summed E-state index contributed by atoms with van der Waals surface area (Å²) in [6, 6.07) is 2.46. The summed E-state index contributed by atoms with van der Waals surface area (Å²) in [6.45, 7) is 2.59. The Morgan fingerprint density at radius 3 is 2.63 bits per heavy atom. The number of aliphatic carboxylic acids is 1. The molecule has 0 atom stereocenters. The Kier molecular flexibility index (Phi) is 2.93. The van der Waals surface area contributed by atoms with Crippen molar-refractivity contribution in [2.45, 2.75) is 19.6 Å². The van der Waals surface area contributed by atoms with Crippen LogP contribution in [0.3, 0.4) is 0 Å². The lowest BCUT2D eigenvalue weighted by Gasteiger charge is -2.16. The van der Waals surface area contributed by atoms with Crippen LogP contribution in [-0.2, 0) is 4.79 Å². The van der Waals surface area contributed by atoms with Crippen molar-refractivity contribution < 1.29 is 29.0 Å². The summed E-state index contributed by atoms with van der Waals surface area (Å²) < 4.78 is 15.8. The third-order valence-corrected chi connectivity index (χ3v) is 2.30. The van der Waals surface area contributed by atoms with Crippen LogP contribution in [0.4, 0.5) is 5.69 Å². The fourth-order valence-electron chi connectivity index (χ4n) is 1.64. The number of hydrogen-bond donors (Lipinski definition) is 1. The molecule has 0 unspecified atom stereocenters. The topological polar surface area (TPSA) is 108 Å². The number of nitrogens with zero attached hydrogens (tertiary/aromatic N) is 1. The van der Waals surface area contributed by atoms with E-state index in [-0.39, 0.29) is 22.9 Å². The average molecular weight is 269 g/mol. The quantitative estimate of drug-likeness (QED) is 0.652. The second-order valence-corrected chi connectivity index (χ2v) is 4.28. The molecule has 1 aliphatic heterocycles. The molecule has 0 bridgehead atoms. The molecule has 1 aliphatic rings. The highest BCUT2D eigenvalue weighted by molar-refractivity contribution is 5.69. The zero-order valence-corrected chi connectivity index (χ0v) is 10.2. The van der Waals surface area contributed by atoms with Gasteiger partial charge in [-0.2, -0.15) is 0 Å². The minimum absolute atomic E-state index is 0.0421. The van der Waals surface area contributed by atoms with Crippen molar-refractivity contribution in [3.8, 4) is 17.2 Å². The first-order valence-electron chi connectivity index (χ1n) is 5.34. The predicted molar refractivity (Wildman–Crippen MR) is 61.6 cm³/mol. The summed E-state index contributed by atoms with van der Waals surface area (Å²) in [6.07, 6.45) is 0. The van der Waals surface area contributed by atoms with Crippen LogP contribution in [0.15, 0.2) is 12.1 Å². The summed E-state index contributed by atoms with van der Waals surface area (Å²) in [5, 5.41) is 19.4. The maximum absolute atomic E-state index is 10.9. The van der Waals surface area contributed by atoms with Crippen LogP contribution in [0.5, 0.6) is 17.2 Å². The van der Waals surface area contributed by atoms with Crippen molar-refractivity contribution in [2.24, 2.45) is 0 Å². The molecule has 102 valence electrons. The van der Waals surface area contributed by atoms with E-state index in [1.54, 1.807) is 13.8 Å². The number of nitro benzene ring substituents is 1. The van der Waals surface area contributed by atoms with Crippen molar-refractivity contribution in [3.63, 3.8) is 0 Å². The van der Waals surface area contributed by atoms with Crippen LogP contribution >= 0.6 is 0 Å². The molecule has 0 fully saturated rings. The van der Waals surface area contributed by atoms with E-state index < -0.39 is 23.3 Å². The highest BCUT2D eigenvalue weighted by Gasteiger charge is 2.39. The maximum Gasteiger partial charge on any atom is 0.341 e. The van der Waals surface area contributed by atoms with Crippen molar-refractivity contribution in [1.29, 1.82) is 0 Å². The van der Waals surface area contributed by atoms with Crippen LogP contribution in [0.1, 0.15) is 13.8 Å². The van der Waals surface area contributed by atoms with Crippen LogP contribution in [0, 0.1) is 10.1 Å². The number of benzene rings is 1. The molecule has 1 heterocycles. The first-order valence-corrected chi connectivity index (χ1v) is 5.34. The van der Waals surface area contributed by atoms with Crippen LogP contribution < -0.4 is 14.2 Å². The minimum Gasteiger partial charge on any atom is -0.479 e. The lowest BCUT2D eigenvalue weighted by molar-refractivity contribution is -0.386. The molecule has 0 amide bonds. The van der Waals surface area contributed by atoms with Gasteiger partial charge in [0.15, 0.2) is 12.4 Å². The molecule has 8 heteroatoms. The van der Waals surface area contributed by atoms with Crippen molar-refractivity contribution in [2.75, 3.05) is 6.61 Å². The number of nitro groups is 1. The number of ether oxygens (including phenoxy) is 3. The first-order chi connectivity index (χ1) is 8.80. The Balaban J connectivity index is 2.42. The van der Waals surface area contributed by atoms with Gasteiger partial charge in [-0.1, -0.05) is 0 Å². The zero-order valence-electron chi connectivity index (χ0n) is 10.2. The number of hydrogen-bond acceptors (Lipinski definition) is 6. The summed E-state index contributed by atoms with van der Waals surface area (Å²) in [4.78, 5) is 20.7. The molecule has 0 saturated carbocycles. The Labute approximate surface area is 107 Å². The number of rotatable bonds is 4. The molecular weight excluding hydrogens is 258 g/mol. The van der Waals surface area contributed by atoms with E-state index in [1.807, 2.05) is 0 Å². The summed E-state index contributed by atoms with van der Waals surface area (Å²) in [7, 11) is 0. The average Bonchev–Trinajstić information content (AvgIpc) is 2.60. The second-order valence-electron chi connectivity index (χ2n) is 4.28. The van der Waals surface area contributed by atoms with Gasteiger partial charge in [-0.05, 0) is 6.07 Å². The van der Waals surface area contributed by atoms with Gasteiger partial charge in [0.2, 0.25) is 17.3 Å². The van der Waals surface area contributed by atoms with Gasteiger partial charge in [0, 0.05) is 19.9 Å². The van der Waals surface area contributed by atoms with Gasteiger partial charge < -0.3 is 19.3 Å². The Morgan fingerprint density at radius 2 is 2.05 bits per heavy atom. The maximum atomic E-state index is 10.9. The zero-order chi connectivity index (χ0) is 14.2. The standard InChI is InChI=1S/C11H11NO7/c1-11(2)18-9-6(12(15)16)3-4-7(10(9)19-11)17-5-8(13)14/h3-4H,5H2,1-2H3,(H,13,14). The van der Waals surface area contributed by atoms with Crippen molar-refractivity contribution >= 4 is 11.7 Å². The second kappa shape index (κ2) is 4.30. The van der Waals surface area contributed by atoms with Gasteiger partial charge in [-0.15, -0.1) is 0 Å². The number of fused-ring (bicyclic) bond motifs is 1. The highest BCUT2D eigenvalue weighted by Crippen LogP contribution is 2.50. The largest absolute Gasteiger partial charge is 0.479 e. The summed E-state index contributed by atoms with van der Waals surface area (Å²) in [5.41, 5.74) is -0.261. The van der Waals surface area contributed by atoms with E-state index in [0.29, 0.717) is 0 Å². The monoisotopic (exact) mass is 269 g/mol. The molecule has 8 nitrogen and oxygen atoms in total. The number of carboxylic acid groups (broad SMARTS) is 1. The fourth-order valence-corrected chi connectivity index (χ4v) is 1.64. The Hall–Kier alpha value is -2.51. The molecule has 19 heavy (non-hydrogen) atoms. The fraction of sp³-hybridized carbons (Fsp3) is 0.364. The smallest absolute Gasteiger partial charge is 0.341 e. The molecule has 0 saturated heterocycles. The number of carbonyl (C=O) groups is 1. The lowest BCUT2D eigenvalue weighted by Crippen LogP contribution is -2.30. The van der Waals surface area contributed by atoms with Crippen molar-refractivity contribution in [1.82, 2.24) is 0 Å². The molecule has 0 radical (unpaired) electrons. The van der Waals surface area contributed by atoms with Crippen LogP contribution in [0.2, 0.25) is 0 Å². The number of carboxylic acids is 1. The third-order valence-electron chi connectivity index (χ3n) is 2.30. The highest BCUT2D eigenvalue weighted by atomic mass is 16.7. The van der Waals surface area contributed by atoms with E-state index in [9.17, 15) is 14.9 Å². The summed E-state index contributed by atoms with van der Waals surface area (Å²) in [5.74, 6) is -2.16. The van der Waals surface area contributed by atoms with Gasteiger partial charge in [-0.3, -0.25) is 10.1 Å². The van der Waals surface area contributed by atoms with Gasteiger partial charge in [0.25, 0.3) is 0 Å². The first kappa shape index (κ1) is 12.9. The van der Waals surface area contributed by atoms with Gasteiger partial charge >= 0.3 is 11.7 Å². The molecule has 0 spiro atoms. The predicted octanol–water partition coefficient (Wildman–Crippen LogP) is 1.57. The molecule has 1 aromatic rings. The van der Waals surface area contributed by atoms with Gasteiger partial charge in [0.1, 0.15) is 0 Å². The normalized spacial score (nSPS) is 15.1. The molecule has 1 N–H and O–H groups in total. The molecule has 0 aromatic heterocycles. The SMILES string of the molecule is CC1(C)Oc2c(OCC(=O)O)ccc([N+](=O)[O-])c2O1. The van der Waals surface area contributed by atoms with Crippen molar-refractivity contribution in [3.05, 3.63) is 22.2 Å². The lowest BCUT2D eigenvalue weighted by atomic mass is 10.2. The molecular formula is C11H11NO7. The van der Waals surface area contributed by atoms with Gasteiger partial charge in [-0.25, -0.2) is 4.79 Å². The van der Waals surface area contributed by atoms with E-state index in [2.05, 4.69) is 0 Å². The van der Waals surface area contributed by atoms with E-state index in [4.69, 9.17) is 19.3 Å². The van der Waals surface area contributed by atoms with Crippen LogP contribution in [-0.4, -0.2) is 28.4 Å². The molecule has 0 aliphatic carbocycles. The van der Waals surface area contributed by atoms with Gasteiger partial charge in [0.05, 0.1) is 4.92 Å². The third kappa shape index (κ3) is 2.51. The minimum atomic E-state index is -1.16. The Bertz CT molecular complexity index is 552.